The maximum absolute atomic E-state index is 14.7. The number of likely N-dealkylation sites (tertiary alicyclic amines) is 2. The molecule has 8 heteroatoms. The number of nitrogens with zero attached hydrogens (tertiary/aromatic N) is 4. The van der Waals surface area contributed by atoms with Gasteiger partial charge in [0.2, 0.25) is 0 Å². The molecule has 2 saturated heterocycles. The molecule has 0 bridgehead atoms. The first kappa shape index (κ1) is 28.1. The molecule has 2 aliphatic heterocycles. The predicted octanol–water partition coefficient (Wildman–Crippen LogP) is 5.65. The van der Waals surface area contributed by atoms with Crippen LogP contribution in [0.5, 0.6) is 0 Å². The summed E-state index contributed by atoms with van der Waals surface area (Å²) in [5.41, 5.74) is 2.93. The second-order valence-corrected chi connectivity index (χ2v) is 12.3. The van der Waals surface area contributed by atoms with Crippen molar-refractivity contribution in [3.8, 4) is 0 Å². The summed E-state index contributed by atoms with van der Waals surface area (Å²) in [6.45, 7) is 8.17. The van der Waals surface area contributed by atoms with Crippen LogP contribution in [0.25, 0.3) is 0 Å². The summed E-state index contributed by atoms with van der Waals surface area (Å²) in [6.07, 6.45) is 5.19. The van der Waals surface area contributed by atoms with Gasteiger partial charge in [0.15, 0.2) is 0 Å². The Kier molecular flexibility index (Phi) is 8.62. The molecule has 2 aromatic rings. The molecule has 0 radical (unpaired) electrons. The zero-order valence-corrected chi connectivity index (χ0v) is 23.2. The summed E-state index contributed by atoms with van der Waals surface area (Å²) in [6, 6.07) is 11.2. The molecule has 212 valence electrons. The largest absolute Gasteiger partial charge is 0.480 e. The summed E-state index contributed by atoms with van der Waals surface area (Å²) in [7, 11) is 0. The Hall–Kier alpha value is -2.45. The highest BCUT2D eigenvalue weighted by molar-refractivity contribution is 5.73. The number of aryl methyl sites for hydroxylation is 2. The Labute approximate surface area is 230 Å². The lowest BCUT2D eigenvalue weighted by atomic mass is 9.86. The number of hydrogen-bond donors (Lipinski definition) is 1. The van der Waals surface area contributed by atoms with Crippen molar-refractivity contribution in [1.82, 2.24) is 20.0 Å². The van der Waals surface area contributed by atoms with E-state index in [1.807, 2.05) is 0 Å². The van der Waals surface area contributed by atoms with E-state index in [1.54, 1.807) is 13.0 Å². The lowest BCUT2D eigenvalue weighted by Gasteiger charge is -2.35. The van der Waals surface area contributed by atoms with Gasteiger partial charge in [0, 0.05) is 32.0 Å². The van der Waals surface area contributed by atoms with Crippen LogP contribution in [0.15, 0.2) is 36.4 Å². The lowest BCUT2D eigenvalue weighted by molar-refractivity contribution is -0.143. The van der Waals surface area contributed by atoms with Crippen LogP contribution < -0.4 is 0 Å². The van der Waals surface area contributed by atoms with Crippen LogP contribution in [0.2, 0.25) is 0 Å². The number of halogens is 2. The average Bonchev–Trinajstić information content (AvgIpc) is 3.65. The average molecular weight is 541 g/mol. The van der Waals surface area contributed by atoms with Crippen LogP contribution >= 0.6 is 0 Å². The molecule has 1 aromatic carbocycles. The van der Waals surface area contributed by atoms with Crippen LogP contribution in [0.1, 0.15) is 73.4 Å². The fourth-order valence-corrected chi connectivity index (χ4v) is 6.59. The topological polar surface area (TPSA) is 69.6 Å². The zero-order chi connectivity index (χ0) is 27.6. The molecule has 3 aliphatic rings. The van der Waals surface area contributed by atoms with Crippen molar-refractivity contribution in [2.45, 2.75) is 76.7 Å². The Morgan fingerprint density at radius 1 is 1.05 bits per heavy atom. The Bertz CT molecular complexity index is 1120. The maximum Gasteiger partial charge on any atom is 0.320 e. The predicted molar refractivity (Wildman–Crippen MR) is 147 cm³/mol. The molecule has 6 nitrogen and oxygen atoms in total. The van der Waals surface area contributed by atoms with E-state index in [4.69, 9.17) is 0 Å². The first-order chi connectivity index (χ1) is 18.7. The van der Waals surface area contributed by atoms with E-state index in [2.05, 4.69) is 51.2 Å². The standard InChI is InChI=1S/C31H42F2N4O2/c1-21-4-3-5-25(16-21)27-20-37(28(30(38)39)17-24-7-8-24)19-26(27)18-36-14-11-23(12-15-36)10-13-31(32,33)29-9-6-22(2)34-35-29/h3-6,9,16,23-24,26-28H,7-8,10-15,17-20H2,1-2H3,(H,38,39). The number of aliphatic carboxylic acids is 1. The molecule has 0 amide bonds. The summed E-state index contributed by atoms with van der Waals surface area (Å²) in [5, 5.41) is 17.5. The molecular formula is C31H42F2N4O2. The first-order valence-corrected chi connectivity index (χ1v) is 14.6. The molecule has 3 atom stereocenters. The van der Waals surface area contributed by atoms with E-state index in [-0.39, 0.29) is 18.0 Å². The second-order valence-electron chi connectivity index (χ2n) is 12.3. The molecule has 5 rings (SSSR count). The second kappa shape index (κ2) is 12.0. The van der Waals surface area contributed by atoms with Gasteiger partial charge in [0.05, 0.1) is 5.69 Å². The lowest BCUT2D eigenvalue weighted by Crippen LogP contribution is -2.42. The number of aromatic nitrogens is 2. The van der Waals surface area contributed by atoms with Crippen LogP contribution in [0.4, 0.5) is 8.78 Å². The normalized spacial score (nSPS) is 24.2. The third-order valence-electron chi connectivity index (χ3n) is 9.16. The summed E-state index contributed by atoms with van der Waals surface area (Å²) >= 11 is 0. The van der Waals surface area contributed by atoms with Gasteiger partial charge in [-0.3, -0.25) is 9.69 Å². The Morgan fingerprint density at radius 3 is 2.46 bits per heavy atom. The molecular weight excluding hydrogens is 498 g/mol. The number of piperidine rings is 1. The maximum atomic E-state index is 14.7. The smallest absolute Gasteiger partial charge is 0.320 e. The minimum absolute atomic E-state index is 0.194. The van der Waals surface area contributed by atoms with Crippen molar-refractivity contribution in [2.24, 2.45) is 17.8 Å². The van der Waals surface area contributed by atoms with Crippen LogP contribution in [-0.4, -0.2) is 69.8 Å². The molecule has 3 fully saturated rings. The van der Waals surface area contributed by atoms with Crippen molar-refractivity contribution >= 4 is 5.97 Å². The first-order valence-electron chi connectivity index (χ1n) is 14.6. The number of hydrogen-bond acceptors (Lipinski definition) is 5. The van der Waals surface area contributed by atoms with Crippen molar-refractivity contribution in [1.29, 1.82) is 0 Å². The summed E-state index contributed by atoms with van der Waals surface area (Å²) in [5.74, 6) is -2.14. The van der Waals surface area contributed by atoms with E-state index < -0.39 is 17.9 Å². The molecule has 0 spiro atoms. The number of carboxylic acid groups (broad SMARTS) is 1. The quantitative estimate of drug-likeness (QED) is 0.398. The van der Waals surface area contributed by atoms with Gasteiger partial charge in [-0.25, -0.2) is 0 Å². The molecule has 39 heavy (non-hydrogen) atoms. The SMILES string of the molecule is Cc1cccc(C2CN(C(CC3CC3)C(=O)O)CC2CN2CCC(CCC(F)(F)c3ccc(C)nn3)CC2)c1. The van der Waals surface area contributed by atoms with Gasteiger partial charge in [-0.15, -0.1) is 5.10 Å². The van der Waals surface area contributed by atoms with Crippen LogP contribution in [-0.2, 0) is 10.7 Å². The van der Waals surface area contributed by atoms with Crippen LogP contribution in [0, 0.1) is 31.6 Å². The van der Waals surface area contributed by atoms with E-state index in [9.17, 15) is 18.7 Å². The third-order valence-corrected chi connectivity index (χ3v) is 9.16. The molecule has 3 heterocycles. The summed E-state index contributed by atoms with van der Waals surface area (Å²) in [4.78, 5) is 16.9. The molecule has 1 aromatic heterocycles. The van der Waals surface area contributed by atoms with Crippen molar-refractivity contribution < 1.29 is 18.7 Å². The van der Waals surface area contributed by atoms with Crippen LogP contribution in [0.3, 0.4) is 0 Å². The minimum Gasteiger partial charge on any atom is -0.480 e. The van der Waals surface area contributed by atoms with Crippen molar-refractivity contribution in [2.75, 3.05) is 32.7 Å². The monoisotopic (exact) mass is 540 g/mol. The number of rotatable bonds is 11. The van der Waals surface area contributed by atoms with Crippen molar-refractivity contribution in [3.63, 3.8) is 0 Å². The highest BCUT2D eigenvalue weighted by Crippen LogP contribution is 2.40. The zero-order valence-electron chi connectivity index (χ0n) is 23.2. The van der Waals surface area contributed by atoms with E-state index in [1.165, 1.54) is 17.2 Å². The Balaban J connectivity index is 1.18. The molecule has 1 aliphatic carbocycles. The van der Waals surface area contributed by atoms with Gasteiger partial charge in [0.25, 0.3) is 5.92 Å². The molecule has 1 saturated carbocycles. The molecule has 3 unspecified atom stereocenters. The number of benzene rings is 1. The fourth-order valence-electron chi connectivity index (χ4n) is 6.59. The highest BCUT2D eigenvalue weighted by Gasteiger charge is 2.42. The number of alkyl halides is 2. The van der Waals surface area contributed by atoms with Gasteiger partial charge in [-0.2, -0.15) is 13.9 Å². The van der Waals surface area contributed by atoms with Gasteiger partial charge >= 0.3 is 5.97 Å². The van der Waals surface area contributed by atoms with E-state index in [0.717, 1.165) is 64.8 Å². The van der Waals surface area contributed by atoms with Gasteiger partial charge < -0.3 is 10.0 Å². The fraction of sp³-hybridized carbons (Fsp3) is 0.645. The number of carboxylic acids is 1. The summed E-state index contributed by atoms with van der Waals surface area (Å²) < 4.78 is 29.4. The number of carbonyl (C=O) groups is 1. The highest BCUT2D eigenvalue weighted by atomic mass is 19.3. The molecule has 1 N–H and O–H groups in total. The van der Waals surface area contributed by atoms with Gasteiger partial charge in [-0.1, -0.05) is 42.7 Å². The third kappa shape index (κ3) is 7.20. The van der Waals surface area contributed by atoms with Gasteiger partial charge in [0.1, 0.15) is 11.7 Å². The van der Waals surface area contributed by atoms with Crippen molar-refractivity contribution in [3.05, 3.63) is 58.9 Å². The van der Waals surface area contributed by atoms with E-state index >= 15 is 0 Å². The van der Waals surface area contributed by atoms with Gasteiger partial charge in [-0.05, 0) is 88.1 Å². The minimum atomic E-state index is -2.95. The van der Waals surface area contributed by atoms with E-state index in [0.29, 0.717) is 29.9 Å². The Morgan fingerprint density at radius 2 is 1.82 bits per heavy atom.